The topological polar surface area (TPSA) is 83.5 Å². The minimum atomic E-state index is -3.62. The van der Waals surface area contributed by atoms with E-state index in [0.717, 1.165) is 23.1 Å². The summed E-state index contributed by atoms with van der Waals surface area (Å²) >= 11 is 0. The molecule has 0 saturated heterocycles. The van der Waals surface area contributed by atoms with E-state index < -0.39 is 21.9 Å². The van der Waals surface area contributed by atoms with Crippen LogP contribution in [0, 0.1) is 5.92 Å². The van der Waals surface area contributed by atoms with E-state index in [4.69, 9.17) is 0 Å². The second-order valence-corrected chi connectivity index (χ2v) is 9.68. The highest BCUT2D eigenvalue weighted by Gasteiger charge is 2.18. The Bertz CT molecular complexity index is 1100. The van der Waals surface area contributed by atoms with Crippen LogP contribution < -0.4 is 4.72 Å². The number of carbonyl (C=O) groups is 1. The first-order valence-corrected chi connectivity index (χ1v) is 12.3. The maximum Gasteiger partial charge on any atom is 0.306 e. The molecule has 0 aliphatic heterocycles. The molecule has 32 heavy (non-hydrogen) atoms. The van der Waals surface area contributed by atoms with Crippen LogP contribution in [0.3, 0.4) is 0 Å². The van der Waals surface area contributed by atoms with Crippen LogP contribution >= 0.6 is 0 Å². The van der Waals surface area contributed by atoms with E-state index in [-0.39, 0.29) is 11.4 Å². The van der Waals surface area contributed by atoms with Crippen LogP contribution in [0.25, 0.3) is 0 Å². The van der Waals surface area contributed by atoms with Gasteiger partial charge in [0.1, 0.15) is 0 Å². The maximum absolute atomic E-state index is 12.7. The van der Waals surface area contributed by atoms with Crippen LogP contribution in [0.15, 0.2) is 89.8 Å². The summed E-state index contributed by atoms with van der Waals surface area (Å²) in [6, 6.07) is 26.1. The molecule has 1 atom stereocenters. The van der Waals surface area contributed by atoms with Crippen molar-refractivity contribution < 1.29 is 18.3 Å². The second kappa shape index (κ2) is 11.6. The molecule has 0 amide bonds. The molecule has 168 valence electrons. The van der Waals surface area contributed by atoms with Crippen molar-refractivity contribution in [2.75, 3.05) is 0 Å². The summed E-state index contributed by atoms with van der Waals surface area (Å²) < 4.78 is 28.0. The first kappa shape index (κ1) is 23.7. The van der Waals surface area contributed by atoms with Gasteiger partial charge in [-0.2, -0.15) is 0 Å². The van der Waals surface area contributed by atoms with Gasteiger partial charge in [0.25, 0.3) is 0 Å². The van der Waals surface area contributed by atoms with E-state index in [1.54, 1.807) is 18.2 Å². The summed E-state index contributed by atoms with van der Waals surface area (Å²) in [5.41, 5.74) is 2.92. The van der Waals surface area contributed by atoms with E-state index in [9.17, 15) is 18.3 Å². The molecule has 0 spiro atoms. The highest BCUT2D eigenvalue weighted by Crippen LogP contribution is 2.19. The molecule has 3 aromatic carbocycles. The molecule has 0 fully saturated rings. The molecule has 3 aromatic rings. The van der Waals surface area contributed by atoms with E-state index in [2.05, 4.69) is 4.72 Å². The number of carboxylic acid groups (broad SMARTS) is 1. The van der Waals surface area contributed by atoms with Crippen molar-refractivity contribution >= 4 is 16.0 Å². The van der Waals surface area contributed by atoms with Crippen LogP contribution in [0.5, 0.6) is 0 Å². The summed E-state index contributed by atoms with van der Waals surface area (Å²) in [6.45, 7) is 0.231. The molecule has 0 aliphatic carbocycles. The molecule has 0 bridgehead atoms. The van der Waals surface area contributed by atoms with Crippen molar-refractivity contribution in [2.45, 2.75) is 43.5 Å². The summed E-state index contributed by atoms with van der Waals surface area (Å²) in [5.74, 6) is -1.18. The summed E-state index contributed by atoms with van der Waals surface area (Å²) in [5, 5.41) is 9.56. The third-order valence-corrected chi connectivity index (χ3v) is 6.91. The number of benzene rings is 3. The third kappa shape index (κ3) is 7.32. The molecular formula is C26H29NO4S. The van der Waals surface area contributed by atoms with Crippen LogP contribution in [0.4, 0.5) is 0 Å². The molecule has 0 aliphatic rings. The molecule has 3 rings (SSSR count). The zero-order valence-corrected chi connectivity index (χ0v) is 18.8. The van der Waals surface area contributed by atoms with Crippen molar-refractivity contribution in [3.8, 4) is 0 Å². The minimum absolute atomic E-state index is 0.227. The second-order valence-electron chi connectivity index (χ2n) is 7.91. The number of hydrogen-bond acceptors (Lipinski definition) is 3. The van der Waals surface area contributed by atoms with Gasteiger partial charge >= 0.3 is 5.97 Å². The molecule has 0 radical (unpaired) electrons. The van der Waals surface area contributed by atoms with Gasteiger partial charge in [0.15, 0.2) is 0 Å². The highest BCUT2D eigenvalue weighted by molar-refractivity contribution is 7.89. The Hall–Kier alpha value is -2.96. The fourth-order valence-electron chi connectivity index (χ4n) is 3.66. The Labute approximate surface area is 190 Å². The maximum atomic E-state index is 12.7. The van der Waals surface area contributed by atoms with Crippen LogP contribution in [0.1, 0.15) is 36.0 Å². The average molecular weight is 452 g/mol. The number of aliphatic carboxylic acids is 1. The van der Waals surface area contributed by atoms with E-state index in [1.807, 2.05) is 66.7 Å². The highest BCUT2D eigenvalue weighted by atomic mass is 32.2. The molecule has 1 unspecified atom stereocenters. The Balaban J connectivity index is 1.53. The molecule has 6 heteroatoms. The lowest BCUT2D eigenvalue weighted by Crippen LogP contribution is -2.23. The molecule has 0 heterocycles. The lowest BCUT2D eigenvalue weighted by molar-refractivity contribution is -0.142. The zero-order chi connectivity index (χ0) is 22.8. The Morgan fingerprint density at radius 1 is 0.781 bits per heavy atom. The van der Waals surface area contributed by atoms with Gasteiger partial charge in [-0.05, 0) is 60.9 Å². The summed E-state index contributed by atoms with van der Waals surface area (Å²) in [7, 11) is -3.62. The third-order valence-electron chi connectivity index (χ3n) is 5.51. The van der Waals surface area contributed by atoms with E-state index >= 15 is 0 Å². The van der Waals surface area contributed by atoms with Gasteiger partial charge in [0.05, 0.1) is 10.8 Å². The molecule has 0 saturated carbocycles. The lowest BCUT2D eigenvalue weighted by Gasteiger charge is -2.13. The Morgan fingerprint density at radius 2 is 1.41 bits per heavy atom. The van der Waals surface area contributed by atoms with Crippen molar-refractivity contribution in [2.24, 2.45) is 5.92 Å². The van der Waals surface area contributed by atoms with Crippen LogP contribution in [0.2, 0.25) is 0 Å². The Kier molecular flexibility index (Phi) is 8.59. The van der Waals surface area contributed by atoms with Crippen LogP contribution in [-0.4, -0.2) is 19.5 Å². The van der Waals surface area contributed by atoms with Gasteiger partial charge < -0.3 is 5.11 Å². The molecule has 0 aromatic heterocycles. The predicted octanol–water partition coefficient (Wildman–Crippen LogP) is 4.82. The van der Waals surface area contributed by atoms with Crippen LogP contribution in [-0.2, 0) is 34.2 Å². The molecule has 2 N–H and O–H groups in total. The number of nitrogens with one attached hydrogen (secondary N) is 1. The standard InChI is InChI=1S/C26H29NO4S/c28-26(29)24(18-17-21-9-3-1-4-10-21)15-7-13-22-14-8-16-25(19-22)32(30,31)27-20-23-11-5-2-6-12-23/h1-6,8-12,14,16,19,24,27H,7,13,15,17-18,20H2,(H,28,29). The average Bonchev–Trinajstić information content (AvgIpc) is 2.81. The fourth-order valence-corrected chi connectivity index (χ4v) is 4.74. The van der Waals surface area contributed by atoms with Gasteiger partial charge in [0, 0.05) is 6.54 Å². The number of rotatable bonds is 12. The number of aryl methyl sites for hydroxylation is 2. The fraction of sp³-hybridized carbons (Fsp3) is 0.269. The van der Waals surface area contributed by atoms with Crippen molar-refractivity contribution in [3.63, 3.8) is 0 Å². The van der Waals surface area contributed by atoms with E-state index in [0.29, 0.717) is 25.7 Å². The SMILES string of the molecule is O=C(O)C(CCCc1cccc(S(=O)(=O)NCc2ccccc2)c1)CCc1ccccc1. The first-order valence-electron chi connectivity index (χ1n) is 10.8. The number of carboxylic acids is 1. The quantitative estimate of drug-likeness (QED) is 0.413. The van der Waals surface area contributed by atoms with Crippen molar-refractivity contribution in [3.05, 3.63) is 102 Å². The number of hydrogen-bond donors (Lipinski definition) is 2. The monoisotopic (exact) mass is 451 g/mol. The first-order chi connectivity index (χ1) is 15.4. The minimum Gasteiger partial charge on any atom is -0.481 e. The zero-order valence-electron chi connectivity index (χ0n) is 18.0. The van der Waals surface area contributed by atoms with Crippen molar-refractivity contribution in [1.29, 1.82) is 0 Å². The number of sulfonamides is 1. The molecular weight excluding hydrogens is 422 g/mol. The van der Waals surface area contributed by atoms with Gasteiger partial charge in [0.2, 0.25) is 10.0 Å². The van der Waals surface area contributed by atoms with Crippen molar-refractivity contribution in [1.82, 2.24) is 4.72 Å². The van der Waals surface area contributed by atoms with Gasteiger partial charge in [-0.1, -0.05) is 72.8 Å². The van der Waals surface area contributed by atoms with Gasteiger partial charge in [-0.15, -0.1) is 0 Å². The predicted molar refractivity (Wildman–Crippen MR) is 126 cm³/mol. The largest absolute Gasteiger partial charge is 0.481 e. The van der Waals surface area contributed by atoms with E-state index in [1.165, 1.54) is 0 Å². The summed E-state index contributed by atoms with van der Waals surface area (Å²) in [4.78, 5) is 11.9. The molecule has 5 nitrogen and oxygen atoms in total. The Morgan fingerprint density at radius 3 is 2.06 bits per heavy atom. The normalized spacial score (nSPS) is 12.4. The van der Waals surface area contributed by atoms with Gasteiger partial charge in [-0.25, -0.2) is 13.1 Å². The van der Waals surface area contributed by atoms with Gasteiger partial charge in [-0.3, -0.25) is 4.79 Å². The summed E-state index contributed by atoms with van der Waals surface area (Å²) in [6.07, 6.45) is 3.21. The smallest absolute Gasteiger partial charge is 0.306 e. The lowest BCUT2D eigenvalue weighted by atomic mass is 9.93.